The molecule has 0 spiro atoms. The van der Waals surface area contributed by atoms with E-state index in [1.807, 2.05) is 0 Å². The summed E-state index contributed by atoms with van der Waals surface area (Å²) in [6.45, 7) is 7.41. The fraction of sp³-hybridized carbons (Fsp3) is 0.727. The van der Waals surface area contributed by atoms with E-state index in [1.165, 1.54) is 0 Å². The van der Waals surface area contributed by atoms with Gasteiger partial charge in [0.25, 0.3) is 0 Å². The predicted octanol–water partition coefficient (Wildman–Crippen LogP) is 0.952. The number of carbonyl (C=O) groups is 1. The quantitative estimate of drug-likeness (QED) is 0.819. The van der Waals surface area contributed by atoms with Gasteiger partial charge in [0.1, 0.15) is 0 Å². The monoisotopic (exact) mass is 238 g/mol. The van der Waals surface area contributed by atoms with Gasteiger partial charge in [0.15, 0.2) is 5.82 Å². The van der Waals surface area contributed by atoms with E-state index in [4.69, 9.17) is 4.52 Å². The van der Waals surface area contributed by atoms with Crippen molar-refractivity contribution in [2.75, 3.05) is 18.4 Å². The van der Waals surface area contributed by atoms with E-state index in [-0.39, 0.29) is 23.3 Å². The number of nitrogens with one attached hydrogen (secondary N) is 2. The Balaban J connectivity index is 2.12. The minimum atomic E-state index is -0.373. The summed E-state index contributed by atoms with van der Waals surface area (Å²) in [6.07, 6.45) is 0.837. The third-order valence-corrected chi connectivity index (χ3v) is 3.49. The van der Waals surface area contributed by atoms with Crippen molar-refractivity contribution in [2.45, 2.75) is 27.2 Å². The Hall–Kier alpha value is -1.43. The van der Waals surface area contributed by atoms with Gasteiger partial charge in [-0.1, -0.05) is 19.0 Å². The normalized spacial score (nSPS) is 24.2. The van der Waals surface area contributed by atoms with Crippen LogP contribution in [0.1, 0.15) is 26.1 Å². The second kappa shape index (κ2) is 4.44. The minimum Gasteiger partial charge on any atom is -0.316 e. The van der Waals surface area contributed by atoms with E-state index in [9.17, 15) is 4.79 Å². The molecular formula is C11H18N4O2. The SMILES string of the molecule is Cc1noc(NC(=O)C2(C(C)C)CCNC2)n1. The summed E-state index contributed by atoms with van der Waals surface area (Å²) in [4.78, 5) is 16.3. The van der Waals surface area contributed by atoms with E-state index in [1.54, 1.807) is 6.92 Å². The molecule has 0 radical (unpaired) electrons. The van der Waals surface area contributed by atoms with E-state index in [0.717, 1.165) is 13.0 Å². The van der Waals surface area contributed by atoms with Crippen LogP contribution in [0.3, 0.4) is 0 Å². The van der Waals surface area contributed by atoms with Crippen molar-refractivity contribution in [1.29, 1.82) is 0 Å². The van der Waals surface area contributed by atoms with Gasteiger partial charge < -0.3 is 9.84 Å². The lowest BCUT2D eigenvalue weighted by Crippen LogP contribution is -2.42. The highest BCUT2D eigenvalue weighted by Crippen LogP contribution is 2.35. The lowest BCUT2D eigenvalue weighted by atomic mass is 9.75. The highest BCUT2D eigenvalue weighted by atomic mass is 16.5. The van der Waals surface area contributed by atoms with E-state index >= 15 is 0 Å². The van der Waals surface area contributed by atoms with Gasteiger partial charge in [0.05, 0.1) is 5.41 Å². The predicted molar refractivity (Wildman–Crippen MR) is 62.4 cm³/mol. The summed E-state index contributed by atoms with van der Waals surface area (Å²) in [5.41, 5.74) is -0.373. The fourth-order valence-corrected chi connectivity index (χ4v) is 2.23. The molecule has 1 aromatic heterocycles. The molecule has 0 aliphatic carbocycles. The van der Waals surface area contributed by atoms with Crippen molar-refractivity contribution in [1.82, 2.24) is 15.5 Å². The van der Waals surface area contributed by atoms with Crippen LogP contribution in [0.4, 0.5) is 6.01 Å². The Morgan fingerprint density at radius 3 is 2.82 bits per heavy atom. The van der Waals surface area contributed by atoms with E-state index in [0.29, 0.717) is 12.4 Å². The topological polar surface area (TPSA) is 80.0 Å². The summed E-state index contributed by atoms with van der Waals surface area (Å²) in [6, 6.07) is 0.180. The van der Waals surface area contributed by atoms with Gasteiger partial charge in [-0.3, -0.25) is 10.1 Å². The molecule has 6 heteroatoms. The first-order valence-electron chi connectivity index (χ1n) is 5.87. The van der Waals surface area contributed by atoms with Crippen LogP contribution in [-0.4, -0.2) is 29.1 Å². The van der Waals surface area contributed by atoms with Gasteiger partial charge in [-0.05, 0) is 25.8 Å². The molecule has 2 N–H and O–H groups in total. The molecule has 1 saturated heterocycles. The fourth-order valence-electron chi connectivity index (χ4n) is 2.23. The third-order valence-electron chi connectivity index (χ3n) is 3.49. The van der Waals surface area contributed by atoms with Crippen LogP contribution in [0.2, 0.25) is 0 Å². The molecule has 1 aliphatic heterocycles. The Bertz CT molecular complexity index is 407. The van der Waals surface area contributed by atoms with Crippen LogP contribution >= 0.6 is 0 Å². The zero-order valence-corrected chi connectivity index (χ0v) is 10.4. The minimum absolute atomic E-state index is 0.0406. The summed E-state index contributed by atoms with van der Waals surface area (Å²) >= 11 is 0. The zero-order valence-electron chi connectivity index (χ0n) is 10.4. The molecule has 2 rings (SSSR count). The van der Waals surface area contributed by atoms with Crippen molar-refractivity contribution in [2.24, 2.45) is 11.3 Å². The lowest BCUT2D eigenvalue weighted by molar-refractivity contribution is -0.127. The largest absolute Gasteiger partial charge is 0.328 e. The smallest absolute Gasteiger partial charge is 0.316 e. The Labute approximate surface area is 100 Å². The maximum Gasteiger partial charge on any atom is 0.328 e. The highest BCUT2D eigenvalue weighted by molar-refractivity contribution is 5.94. The van der Waals surface area contributed by atoms with E-state index < -0.39 is 0 Å². The summed E-state index contributed by atoms with van der Waals surface area (Å²) in [7, 11) is 0. The highest BCUT2D eigenvalue weighted by Gasteiger charge is 2.44. The average Bonchev–Trinajstić information content (AvgIpc) is 2.87. The van der Waals surface area contributed by atoms with E-state index in [2.05, 4.69) is 34.6 Å². The van der Waals surface area contributed by atoms with Crippen LogP contribution in [0.5, 0.6) is 0 Å². The molecule has 1 aromatic rings. The number of aromatic nitrogens is 2. The van der Waals surface area contributed by atoms with Crippen LogP contribution in [0.15, 0.2) is 4.52 Å². The van der Waals surface area contributed by atoms with Gasteiger partial charge in [-0.2, -0.15) is 4.98 Å². The number of hydrogen-bond donors (Lipinski definition) is 2. The number of carbonyl (C=O) groups excluding carboxylic acids is 1. The van der Waals surface area contributed by atoms with Gasteiger partial charge >= 0.3 is 6.01 Å². The third kappa shape index (κ3) is 2.17. The number of aryl methyl sites for hydroxylation is 1. The molecule has 1 fully saturated rings. The van der Waals surface area contributed by atoms with Crippen molar-refractivity contribution in [3.8, 4) is 0 Å². The van der Waals surface area contributed by atoms with Crippen LogP contribution in [0, 0.1) is 18.3 Å². The molecule has 2 heterocycles. The molecule has 94 valence electrons. The molecule has 0 aromatic carbocycles. The average molecular weight is 238 g/mol. The van der Waals surface area contributed by atoms with Crippen LogP contribution < -0.4 is 10.6 Å². The van der Waals surface area contributed by atoms with Gasteiger partial charge in [-0.25, -0.2) is 0 Å². The Kier molecular flexibility index (Phi) is 3.15. The molecule has 0 bridgehead atoms. The van der Waals surface area contributed by atoms with Gasteiger partial charge in [0.2, 0.25) is 5.91 Å². The van der Waals surface area contributed by atoms with Crippen molar-refractivity contribution >= 4 is 11.9 Å². The molecule has 17 heavy (non-hydrogen) atoms. The number of nitrogens with zero attached hydrogens (tertiary/aromatic N) is 2. The second-order valence-corrected chi connectivity index (χ2v) is 4.84. The van der Waals surface area contributed by atoms with Crippen LogP contribution in [0.25, 0.3) is 0 Å². The van der Waals surface area contributed by atoms with Gasteiger partial charge in [-0.15, -0.1) is 0 Å². The summed E-state index contributed by atoms with van der Waals surface area (Å²) < 4.78 is 4.91. The first-order chi connectivity index (χ1) is 8.04. The van der Waals surface area contributed by atoms with Gasteiger partial charge in [0, 0.05) is 6.54 Å². The summed E-state index contributed by atoms with van der Waals surface area (Å²) in [5, 5.41) is 9.59. The molecule has 1 atom stereocenters. The molecular weight excluding hydrogens is 220 g/mol. The first kappa shape index (κ1) is 12.0. The molecule has 6 nitrogen and oxygen atoms in total. The summed E-state index contributed by atoms with van der Waals surface area (Å²) in [5.74, 6) is 0.742. The molecule has 0 saturated carbocycles. The zero-order chi connectivity index (χ0) is 12.5. The number of hydrogen-bond acceptors (Lipinski definition) is 5. The second-order valence-electron chi connectivity index (χ2n) is 4.84. The number of anilines is 1. The molecule has 1 aliphatic rings. The number of rotatable bonds is 3. The molecule has 1 amide bonds. The number of amides is 1. The first-order valence-corrected chi connectivity index (χ1v) is 5.87. The maximum absolute atomic E-state index is 12.3. The van der Waals surface area contributed by atoms with Crippen molar-refractivity contribution in [3.05, 3.63) is 5.82 Å². The Morgan fingerprint density at radius 2 is 2.35 bits per heavy atom. The van der Waals surface area contributed by atoms with Crippen LogP contribution in [-0.2, 0) is 4.79 Å². The standard InChI is InChI=1S/C11H18N4O2/c1-7(2)11(4-5-12-6-11)9(16)14-10-13-8(3)15-17-10/h7,12H,4-6H2,1-3H3,(H,13,14,15,16). The lowest BCUT2D eigenvalue weighted by Gasteiger charge is -2.30. The Morgan fingerprint density at radius 1 is 1.59 bits per heavy atom. The van der Waals surface area contributed by atoms with Crippen molar-refractivity contribution in [3.63, 3.8) is 0 Å². The van der Waals surface area contributed by atoms with Crippen molar-refractivity contribution < 1.29 is 9.32 Å². The maximum atomic E-state index is 12.3. The molecule has 1 unspecified atom stereocenters.